The molecule has 1 aromatic rings. The molecule has 0 aromatic heterocycles. The molecule has 0 N–H and O–H groups in total. The van der Waals surface area contributed by atoms with E-state index in [-0.39, 0.29) is 16.6 Å². The largest absolute Gasteiger partial charge is 0.363 e. The molecule has 2 fully saturated rings. The van der Waals surface area contributed by atoms with Gasteiger partial charge >= 0.3 is 0 Å². The molecule has 2 saturated heterocycles. The molecule has 0 bridgehead atoms. The Kier molecular flexibility index (Phi) is 5.23. The quantitative estimate of drug-likeness (QED) is 0.583. The van der Waals surface area contributed by atoms with Gasteiger partial charge in [0.25, 0.3) is 5.69 Å². The molecule has 0 aliphatic carbocycles. The van der Waals surface area contributed by atoms with Crippen molar-refractivity contribution in [3.8, 4) is 0 Å². The van der Waals surface area contributed by atoms with Gasteiger partial charge in [0.2, 0.25) is 10.0 Å². The highest BCUT2D eigenvalue weighted by Gasteiger charge is 2.34. The van der Waals surface area contributed by atoms with E-state index in [1.807, 2.05) is 11.9 Å². The van der Waals surface area contributed by atoms with E-state index in [1.165, 1.54) is 16.4 Å². The number of rotatable bonds is 4. The molecule has 0 amide bonds. The number of benzene rings is 1. The third-order valence-electron chi connectivity index (χ3n) is 5.69. The lowest BCUT2D eigenvalue weighted by molar-refractivity contribution is -0.384. The van der Waals surface area contributed by atoms with E-state index in [0.717, 1.165) is 13.0 Å². The van der Waals surface area contributed by atoms with E-state index in [2.05, 4.69) is 18.7 Å². The lowest BCUT2D eigenvalue weighted by atomic mass is 10.0. The van der Waals surface area contributed by atoms with E-state index in [4.69, 9.17) is 0 Å². The summed E-state index contributed by atoms with van der Waals surface area (Å²) in [6.45, 7) is 7.03. The van der Waals surface area contributed by atoms with Crippen LogP contribution in [0.3, 0.4) is 0 Å². The lowest BCUT2D eigenvalue weighted by Crippen LogP contribution is -2.47. The topological polar surface area (TPSA) is 87.0 Å². The van der Waals surface area contributed by atoms with Gasteiger partial charge < -0.3 is 9.80 Å². The van der Waals surface area contributed by atoms with Crippen molar-refractivity contribution in [2.45, 2.75) is 31.2 Å². The van der Waals surface area contributed by atoms with Crippen LogP contribution < -0.4 is 4.90 Å². The minimum atomic E-state index is -3.72. The zero-order valence-electron chi connectivity index (χ0n) is 15.5. The molecule has 8 nitrogen and oxygen atoms in total. The fourth-order valence-electron chi connectivity index (χ4n) is 3.66. The van der Waals surface area contributed by atoms with E-state index >= 15 is 0 Å². The van der Waals surface area contributed by atoms with Crippen LogP contribution >= 0.6 is 0 Å². The molecule has 2 aliphatic heterocycles. The Bertz CT molecular complexity index is 790. The summed E-state index contributed by atoms with van der Waals surface area (Å²) < 4.78 is 27.2. The highest BCUT2D eigenvalue weighted by molar-refractivity contribution is 7.89. The van der Waals surface area contributed by atoms with Crippen LogP contribution in [0.25, 0.3) is 0 Å². The third-order valence-corrected chi connectivity index (χ3v) is 7.59. The summed E-state index contributed by atoms with van der Waals surface area (Å²) in [6, 6.07) is 4.51. The summed E-state index contributed by atoms with van der Waals surface area (Å²) in [5.41, 5.74) is 0.366. The van der Waals surface area contributed by atoms with E-state index < -0.39 is 14.9 Å². The monoisotopic (exact) mass is 382 g/mol. The predicted molar refractivity (Wildman–Crippen MR) is 99.9 cm³/mol. The van der Waals surface area contributed by atoms with Crippen molar-refractivity contribution in [3.63, 3.8) is 0 Å². The smallest absolute Gasteiger partial charge is 0.293 e. The maximum Gasteiger partial charge on any atom is 0.293 e. The molecule has 2 aliphatic rings. The molecule has 3 rings (SSSR count). The molecule has 144 valence electrons. The number of likely N-dealkylation sites (N-methyl/N-ethyl adjacent to an activating group) is 1. The van der Waals surface area contributed by atoms with Crippen molar-refractivity contribution in [1.29, 1.82) is 0 Å². The number of hydrogen-bond donors (Lipinski definition) is 0. The molecule has 2 heterocycles. The Morgan fingerprint density at radius 2 is 1.77 bits per heavy atom. The van der Waals surface area contributed by atoms with E-state index in [1.54, 1.807) is 6.07 Å². The molecule has 0 spiro atoms. The average Bonchev–Trinajstić information content (AvgIpc) is 2.93. The molecule has 0 saturated carbocycles. The predicted octanol–water partition coefficient (Wildman–Crippen LogP) is 1.77. The van der Waals surface area contributed by atoms with Crippen LogP contribution in [-0.2, 0) is 10.0 Å². The average molecular weight is 382 g/mol. The number of nitrogens with zero attached hydrogens (tertiary/aromatic N) is 4. The molecule has 0 radical (unpaired) electrons. The summed E-state index contributed by atoms with van der Waals surface area (Å²) >= 11 is 0. The van der Waals surface area contributed by atoms with Gasteiger partial charge in [-0.2, -0.15) is 4.31 Å². The first-order valence-corrected chi connectivity index (χ1v) is 10.4. The highest BCUT2D eigenvalue weighted by Crippen LogP contribution is 2.37. The number of piperazine rings is 1. The summed E-state index contributed by atoms with van der Waals surface area (Å²) in [5, 5.41) is 11.6. The lowest BCUT2D eigenvalue weighted by Gasteiger charge is -2.31. The second-order valence-corrected chi connectivity index (χ2v) is 9.25. The summed E-state index contributed by atoms with van der Waals surface area (Å²) in [4.78, 5) is 15.2. The Morgan fingerprint density at radius 3 is 2.31 bits per heavy atom. The van der Waals surface area contributed by atoms with Gasteiger partial charge in [-0.05, 0) is 38.4 Å². The SMILES string of the molecule is CC1CCN(c2ccc(S(=O)(=O)N3CCN(C)CC3)cc2[N+](=O)[O-])C1C. The van der Waals surface area contributed by atoms with Gasteiger partial charge in [0.15, 0.2) is 0 Å². The summed E-state index contributed by atoms with van der Waals surface area (Å²) in [5.74, 6) is 0.448. The molecule has 26 heavy (non-hydrogen) atoms. The van der Waals surface area contributed by atoms with Gasteiger partial charge in [-0.25, -0.2) is 8.42 Å². The zero-order valence-corrected chi connectivity index (χ0v) is 16.3. The summed E-state index contributed by atoms with van der Waals surface area (Å²) in [6.07, 6.45) is 0.972. The van der Waals surface area contributed by atoms with Crippen LogP contribution in [0.2, 0.25) is 0 Å². The number of anilines is 1. The second-order valence-electron chi connectivity index (χ2n) is 7.31. The molecule has 2 unspecified atom stereocenters. The summed E-state index contributed by atoms with van der Waals surface area (Å²) in [7, 11) is -1.78. The number of nitro groups is 1. The van der Waals surface area contributed by atoms with Gasteiger partial charge in [-0.1, -0.05) is 6.92 Å². The van der Waals surface area contributed by atoms with Crippen LogP contribution in [0, 0.1) is 16.0 Å². The molecular weight excluding hydrogens is 356 g/mol. The standard InChI is InChI=1S/C17H26N4O4S/c1-13-6-7-20(14(13)2)16-5-4-15(12-17(16)21(22)23)26(24,25)19-10-8-18(3)9-11-19/h4-5,12-14H,6-11H2,1-3H3. The van der Waals surface area contributed by atoms with Crippen LogP contribution in [0.1, 0.15) is 20.3 Å². The molecule has 2 atom stereocenters. The Balaban J connectivity index is 1.95. The molecule has 1 aromatic carbocycles. The van der Waals surface area contributed by atoms with Crippen molar-refractivity contribution in [1.82, 2.24) is 9.21 Å². The van der Waals surface area contributed by atoms with Crippen LogP contribution in [0.5, 0.6) is 0 Å². The van der Waals surface area contributed by atoms with Crippen molar-refractivity contribution in [3.05, 3.63) is 28.3 Å². The van der Waals surface area contributed by atoms with Gasteiger partial charge in [0, 0.05) is 44.8 Å². The fraction of sp³-hybridized carbons (Fsp3) is 0.647. The maximum atomic E-state index is 12.9. The van der Waals surface area contributed by atoms with Gasteiger partial charge in [-0.3, -0.25) is 10.1 Å². The van der Waals surface area contributed by atoms with Crippen molar-refractivity contribution >= 4 is 21.4 Å². The number of nitro benzene ring substituents is 1. The Hall–Kier alpha value is -1.71. The number of hydrogen-bond acceptors (Lipinski definition) is 6. The van der Waals surface area contributed by atoms with Crippen molar-refractivity contribution < 1.29 is 13.3 Å². The first-order chi connectivity index (χ1) is 12.2. The normalized spacial score (nSPS) is 25.6. The first-order valence-electron chi connectivity index (χ1n) is 8.95. The van der Waals surface area contributed by atoms with E-state index in [9.17, 15) is 18.5 Å². The second kappa shape index (κ2) is 7.13. The third kappa shape index (κ3) is 3.43. The zero-order chi connectivity index (χ0) is 19.1. The van der Waals surface area contributed by atoms with Gasteiger partial charge in [0.05, 0.1) is 9.82 Å². The van der Waals surface area contributed by atoms with Crippen LogP contribution in [0.15, 0.2) is 23.1 Å². The minimum absolute atomic E-state index is 0.00241. The first kappa shape index (κ1) is 19.1. The molecular formula is C17H26N4O4S. The molecule has 9 heteroatoms. The van der Waals surface area contributed by atoms with E-state index in [0.29, 0.717) is 37.8 Å². The fourth-order valence-corrected chi connectivity index (χ4v) is 5.11. The van der Waals surface area contributed by atoms with Gasteiger partial charge in [0.1, 0.15) is 5.69 Å². The Morgan fingerprint density at radius 1 is 1.12 bits per heavy atom. The van der Waals surface area contributed by atoms with Crippen LogP contribution in [0.4, 0.5) is 11.4 Å². The Labute approximate surface area is 154 Å². The van der Waals surface area contributed by atoms with Crippen molar-refractivity contribution in [2.75, 3.05) is 44.7 Å². The highest BCUT2D eigenvalue weighted by atomic mass is 32.2. The number of sulfonamides is 1. The van der Waals surface area contributed by atoms with Crippen molar-refractivity contribution in [2.24, 2.45) is 5.92 Å². The van der Waals surface area contributed by atoms with Crippen LogP contribution in [-0.4, -0.2) is 68.4 Å². The minimum Gasteiger partial charge on any atom is -0.363 e. The van der Waals surface area contributed by atoms with Gasteiger partial charge in [-0.15, -0.1) is 0 Å². The maximum absolute atomic E-state index is 12.9.